The summed E-state index contributed by atoms with van der Waals surface area (Å²) >= 11 is 0. The monoisotopic (exact) mass is 483 g/mol. The number of aliphatic hydroxyl groups is 1. The van der Waals surface area contributed by atoms with Crippen LogP contribution in [0.15, 0.2) is 97.1 Å². The first-order valence-electron chi connectivity index (χ1n) is 11.9. The average Bonchev–Trinajstić information content (AvgIpc) is 2.87. The molecule has 5 rings (SSSR count). The zero-order chi connectivity index (χ0) is 25.2. The molecule has 1 amide bonds. The zero-order valence-corrected chi connectivity index (χ0v) is 19.5. The largest absolute Gasteiger partial charge is 0.508 e. The maximum Gasteiger partial charge on any atom is 0.233 e. The van der Waals surface area contributed by atoms with Crippen molar-refractivity contribution in [1.29, 1.82) is 0 Å². The van der Waals surface area contributed by atoms with E-state index in [1.165, 1.54) is 12.1 Å². The van der Waals surface area contributed by atoms with Crippen molar-refractivity contribution < 1.29 is 24.5 Å². The molecule has 0 aromatic heterocycles. The van der Waals surface area contributed by atoms with E-state index in [-0.39, 0.29) is 23.4 Å². The van der Waals surface area contributed by atoms with Crippen molar-refractivity contribution in [1.82, 2.24) is 0 Å². The molecular weight excluding hydrogens is 457 g/mol. The van der Waals surface area contributed by atoms with Crippen LogP contribution in [0.1, 0.15) is 36.1 Å². The van der Waals surface area contributed by atoms with Gasteiger partial charge in [-0.3, -0.25) is 4.79 Å². The van der Waals surface area contributed by atoms with Crippen LogP contribution in [0.5, 0.6) is 11.5 Å². The predicted molar refractivity (Wildman–Crippen MR) is 136 cm³/mol. The molecule has 182 valence electrons. The Morgan fingerprint density at radius 1 is 0.861 bits per heavy atom. The molecule has 1 saturated heterocycles. The number of para-hydroxylation sites is 1. The minimum Gasteiger partial charge on any atom is -0.508 e. The fraction of sp³-hybridized carbons (Fsp3) is 0.167. The second-order valence-electron chi connectivity index (χ2n) is 9.07. The van der Waals surface area contributed by atoms with Crippen LogP contribution in [0.3, 0.4) is 0 Å². The highest BCUT2D eigenvalue weighted by atomic mass is 19.1. The van der Waals surface area contributed by atoms with Gasteiger partial charge in [-0.05, 0) is 72.0 Å². The minimum atomic E-state index is -0.888. The smallest absolute Gasteiger partial charge is 0.233 e. The van der Waals surface area contributed by atoms with Crippen molar-refractivity contribution in [3.05, 3.63) is 114 Å². The van der Waals surface area contributed by atoms with Crippen molar-refractivity contribution in [3.8, 4) is 22.6 Å². The lowest BCUT2D eigenvalue weighted by molar-refractivity contribution is -0.131. The number of phenols is 2. The highest BCUT2D eigenvalue weighted by Gasteiger charge is 2.48. The zero-order valence-electron chi connectivity index (χ0n) is 19.5. The van der Waals surface area contributed by atoms with Crippen LogP contribution >= 0.6 is 0 Å². The van der Waals surface area contributed by atoms with Crippen LogP contribution in [0.25, 0.3) is 11.1 Å². The van der Waals surface area contributed by atoms with E-state index in [1.54, 1.807) is 53.4 Å². The van der Waals surface area contributed by atoms with Gasteiger partial charge in [0.15, 0.2) is 0 Å². The lowest BCUT2D eigenvalue weighted by Crippen LogP contribution is -2.55. The van der Waals surface area contributed by atoms with E-state index in [4.69, 9.17) is 0 Å². The summed E-state index contributed by atoms with van der Waals surface area (Å²) in [4.78, 5) is 15.0. The van der Waals surface area contributed by atoms with Crippen molar-refractivity contribution in [3.63, 3.8) is 0 Å². The summed E-state index contributed by atoms with van der Waals surface area (Å²) in [5.41, 5.74) is 3.26. The maximum atomic E-state index is 13.6. The van der Waals surface area contributed by atoms with Gasteiger partial charge in [0.1, 0.15) is 17.3 Å². The van der Waals surface area contributed by atoms with Crippen LogP contribution in [0.4, 0.5) is 10.1 Å². The van der Waals surface area contributed by atoms with E-state index in [0.29, 0.717) is 29.5 Å². The van der Waals surface area contributed by atoms with Crippen molar-refractivity contribution >= 4 is 11.6 Å². The van der Waals surface area contributed by atoms with E-state index in [0.717, 1.165) is 11.3 Å². The molecule has 0 spiro atoms. The maximum absolute atomic E-state index is 13.6. The number of carbonyl (C=O) groups excluding carboxylic acids is 1. The van der Waals surface area contributed by atoms with E-state index < -0.39 is 17.8 Å². The summed E-state index contributed by atoms with van der Waals surface area (Å²) in [6.07, 6.45) is -0.187. The summed E-state index contributed by atoms with van der Waals surface area (Å²) in [7, 11) is 0. The lowest BCUT2D eigenvalue weighted by Gasteiger charge is -2.48. The number of nitrogens with zero attached hydrogens (tertiary/aromatic N) is 1. The van der Waals surface area contributed by atoms with Gasteiger partial charge in [-0.25, -0.2) is 4.39 Å². The van der Waals surface area contributed by atoms with Gasteiger partial charge in [0.05, 0.1) is 18.1 Å². The van der Waals surface area contributed by atoms with Gasteiger partial charge in [-0.1, -0.05) is 54.6 Å². The first-order chi connectivity index (χ1) is 17.4. The number of aliphatic hydroxyl groups excluding tert-OH is 1. The van der Waals surface area contributed by atoms with Crippen LogP contribution in [-0.2, 0) is 4.79 Å². The highest BCUT2D eigenvalue weighted by molar-refractivity contribution is 6.03. The molecule has 0 saturated carbocycles. The fourth-order valence-electron chi connectivity index (χ4n) is 4.96. The van der Waals surface area contributed by atoms with Gasteiger partial charge in [0, 0.05) is 11.3 Å². The highest BCUT2D eigenvalue weighted by Crippen LogP contribution is 2.47. The van der Waals surface area contributed by atoms with Crippen LogP contribution < -0.4 is 4.90 Å². The first-order valence-corrected chi connectivity index (χ1v) is 11.9. The molecule has 4 aromatic carbocycles. The molecule has 0 radical (unpaired) electrons. The number of anilines is 1. The molecule has 0 aliphatic carbocycles. The van der Waals surface area contributed by atoms with E-state index in [9.17, 15) is 24.5 Å². The Morgan fingerprint density at radius 3 is 2.36 bits per heavy atom. The Balaban J connectivity index is 1.43. The third-order valence-electron chi connectivity index (χ3n) is 6.75. The predicted octanol–water partition coefficient (Wildman–Crippen LogP) is 6.12. The topological polar surface area (TPSA) is 81.0 Å². The van der Waals surface area contributed by atoms with Crippen molar-refractivity contribution in [2.75, 3.05) is 4.90 Å². The molecule has 1 heterocycles. The molecular formula is C30H26FNO4. The summed E-state index contributed by atoms with van der Waals surface area (Å²) < 4.78 is 13.6. The Bertz CT molecular complexity index is 1390. The van der Waals surface area contributed by atoms with Crippen molar-refractivity contribution in [2.45, 2.75) is 25.0 Å². The number of β-lactam (4-membered cyclic amide) rings is 1. The third-order valence-corrected chi connectivity index (χ3v) is 6.75. The van der Waals surface area contributed by atoms with Crippen LogP contribution in [-0.4, -0.2) is 21.2 Å². The number of amides is 1. The fourth-order valence-corrected chi connectivity index (χ4v) is 4.96. The third kappa shape index (κ3) is 4.55. The van der Waals surface area contributed by atoms with E-state index in [2.05, 4.69) is 0 Å². The second kappa shape index (κ2) is 9.84. The molecule has 36 heavy (non-hydrogen) atoms. The Morgan fingerprint density at radius 2 is 1.64 bits per heavy atom. The molecule has 1 aliphatic heterocycles. The normalized spacial score (nSPS) is 18.1. The van der Waals surface area contributed by atoms with Gasteiger partial charge in [0.2, 0.25) is 5.91 Å². The van der Waals surface area contributed by atoms with Gasteiger partial charge in [-0.15, -0.1) is 0 Å². The number of benzene rings is 4. The van der Waals surface area contributed by atoms with E-state index in [1.807, 2.05) is 36.4 Å². The van der Waals surface area contributed by atoms with Gasteiger partial charge >= 0.3 is 0 Å². The summed E-state index contributed by atoms with van der Waals surface area (Å²) in [5.74, 6) is -0.730. The molecule has 3 atom stereocenters. The number of aromatic hydroxyl groups is 2. The summed E-state index contributed by atoms with van der Waals surface area (Å²) in [6.45, 7) is 0. The number of carbonyl (C=O) groups is 1. The van der Waals surface area contributed by atoms with Gasteiger partial charge in [0.25, 0.3) is 0 Å². The number of halogens is 1. The molecule has 0 bridgehead atoms. The summed E-state index contributed by atoms with van der Waals surface area (Å²) in [5, 5.41) is 31.3. The Kier molecular flexibility index (Phi) is 6.44. The van der Waals surface area contributed by atoms with Crippen LogP contribution in [0.2, 0.25) is 0 Å². The number of hydrogen-bond donors (Lipinski definition) is 3. The van der Waals surface area contributed by atoms with Gasteiger partial charge < -0.3 is 20.2 Å². The van der Waals surface area contributed by atoms with Gasteiger partial charge in [-0.2, -0.15) is 0 Å². The summed E-state index contributed by atoms with van der Waals surface area (Å²) in [6, 6.07) is 26.8. The quantitative estimate of drug-likeness (QED) is 0.277. The molecule has 1 fully saturated rings. The molecule has 1 aliphatic rings. The molecule has 6 heteroatoms. The number of phenolic OH excluding ortho intramolecular Hbond substituents is 2. The molecule has 5 nitrogen and oxygen atoms in total. The van der Waals surface area contributed by atoms with Crippen LogP contribution in [0, 0.1) is 11.7 Å². The number of rotatable bonds is 7. The standard InChI is InChI=1S/C30H26FNO4/c31-22-8-4-7-20(16-22)27(34)15-14-26-29(32(30(26)36)23-9-2-1-3-10-23)21-12-13-25(28(35)18-21)19-6-5-11-24(33)17-19/h1-13,16-18,26-27,29,33-35H,14-15H2/t26-,27+,29-/m1/s1. The molecule has 0 unspecified atom stereocenters. The Labute approximate surface area is 208 Å². The lowest BCUT2D eigenvalue weighted by atomic mass is 9.78. The van der Waals surface area contributed by atoms with E-state index >= 15 is 0 Å². The SMILES string of the molecule is O=C1[C@H](CC[C@H](O)c2cccc(F)c2)[C@@H](c2ccc(-c3cccc(O)c3)c(O)c2)N1c1ccccc1. The average molecular weight is 484 g/mol. The minimum absolute atomic E-state index is 0.0454. The Hall–Kier alpha value is -4.16. The number of hydrogen-bond acceptors (Lipinski definition) is 4. The second-order valence-corrected chi connectivity index (χ2v) is 9.07. The molecule has 3 N–H and O–H groups in total. The van der Waals surface area contributed by atoms with Crippen molar-refractivity contribution in [2.24, 2.45) is 5.92 Å². The first kappa shape index (κ1) is 23.6. The molecule has 4 aromatic rings.